The van der Waals surface area contributed by atoms with Gasteiger partial charge in [0.15, 0.2) is 0 Å². The summed E-state index contributed by atoms with van der Waals surface area (Å²) in [4.78, 5) is 20.4. The van der Waals surface area contributed by atoms with Crippen molar-refractivity contribution in [3.8, 4) is 0 Å². The van der Waals surface area contributed by atoms with Crippen LogP contribution in [0.5, 0.6) is 0 Å². The molecule has 2 rings (SSSR count). The number of hydrogen-bond donors (Lipinski definition) is 0. The average molecular weight is 270 g/mol. The minimum Gasteiger partial charge on any atom is -0.461 e. The fraction of sp³-hybridized carbons (Fsp3) is 0.312. The number of aromatic nitrogens is 2. The van der Waals surface area contributed by atoms with E-state index in [9.17, 15) is 4.79 Å². The van der Waals surface area contributed by atoms with E-state index in [0.717, 1.165) is 11.3 Å². The van der Waals surface area contributed by atoms with E-state index in [0.29, 0.717) is 18.9 Å². The van der Waals surface area contributed by atoms with Crippen LogP contribution in [0.3, 0.4) is 0 Å². The lowest BCUT2D eigenvalue weighted by Crippen LogP contribution is -2.18. The molecule has 0 aliphatic rings. The van der Waals surface area contributed by atoms with Gasteiger partial charge in [0.2, 0.25) is 0 Å². The number of nitrogens with zero attached hydrogens (tertiary/aromatic N) is 2. The largest absolute Gasteiger partial charge is 0.461 e. The molecule has 1 unspecified atom stereocenters. The van der Waals surface area contributed by atoms with E-state index in [1.165, 1.54) is 0 Å². The van der Waals surface area contributed by atoms with E-state index in [4.69, 9.17) is 4.74 Å². The van der Waals surface area contributed by atoms with E-state index in [1.54, 1.807) is 6.20 Å². The second-order valence-electron chi connectivity index (χ2n) is 4.81. The highest BCUT2D eigenvalue weighted by molar-refractivity contribution is 5.72. The predicted octanol–water partition coefficient (Wildman–Crippen LogP) is 2.71. The summed E-state index contributed by atoms with van der Waals surface area (Å²) in [6, 6.07) is 11.5. The molecule has 0 fully saturated rings. The summed E-state index contributed by atoms with van der Waals surface area (Å²) in [5.74, 6) is 0.202. The third kappa shape index (κ3) is 4.16. The Morgan fingerprint density at radius 3 is 2.70 bits per heavy atom. The van der Waals surface area contributed by atoms with Crippen LogP contribution in [0.25, 0.3) is 0 Å². The number of carbonyl (C=O) groups excluding carboxylic acids is 1. The zero-order valence-electron chi connectivity index (χ0n) is 11.7. The van der Waals surface area contributed by atoms with Gasteiger partial charge in [-0.15, -0.1) is 0 Å². The molecular weight excluding hydrogens is 252 g/mol. The molecule has 0 aliphatic heterocycles. The van der Waals surface area contributed by atoms with E-state index in [2.05, 4.69) is 9.97 Å². The van der Waals surface area contributed by atoms with Gasteiger partial charge in [-0.1, -0.05) is 37.3 Å². The van der Waals surface area contributed by atoms with Crippen molar-refractivity contribution in [2.24, 2.45) is 5.92 Å². The number of carbonyl (C=O) groups is 1. The van der Waals surface area contributed by atoms with Crippen molar-refractivity contribution in [2.45, 2.75) is 26.9 Å². The quantitative estimate of drug-likeness (QED) is 0.784. The summed E-state index contributed by atoms with van der Waals surface area (Å²) >= 11 is 0. The maximum atomic E-state index is 11.9. The summed E-state index contributed by atoms with van der Waals surface area (Å²) in [5, 5.41) is 0. The number of hydrogen-bond acceptors (Lipinski definition) is 4. The van der Waals surface area contributed by atoms with Crippen molar-refractivity contribution >= 4 is 5.97 Å². The molecule has 0 radical (unpaired) electrons. The van der Waals surface area contributed by atoms with Crippen LogP contribution in [0.1, 0.15) is 24.0 Å². The van der Waals surface area contributed by atoms with Gasteiger partial charge in [-0.3, -0.25) is 4.79 Å². The molecule has 0 spiro atoms. The van der Waals surface area contributed by atoms with Crippen molar-refractivity contribution in [1.82, 2.24) is 9.97 Å². The fourth-order valence-corrected chi connectivity index (χ4v) is 1.83. The topological polar surface area (TPSA) is 52.1 Å². The standard InChI is InChI=1S/C16H18N2O2/c1-12(10-15-17-9-8-13(2)18-15)16(19)20-11-14-6-4-3-5-7-14/h3-9,12H,10-11H2,1-2H3. The Labute approximate surface area is 118 Å². The number of benzene rings is 1. The highest BCUT2D eigenvalue weighted by atomic mass is 16.5. The summed E-state index contributed by atoms with van der Waals surface area (Å²) in [6.45, 7) is 4.04. The Kier molecular flexibility index (Phi) is 4.82. The zero-order chi connectivity index (χ0) is 14.4. The third-order valence-corrected chi connectivity index (χ3v) is 2.96. The molecule has 4 heteroatoms. The van der Waals surface area contributed by atoms with Crippen LogP contribution in [0.2, 0.25) is 0 Å². The van der Waals surface area contributed by atoms with Crippen molar-refractivity contribution in [3.05, 3.63) is 59.7 Å². The summed E-state index contributed by atoms with van der Waals surface area (Å²) in [5.41, 5.74) is 1.89. The van der Waals surface area contributed by atoms with Crippen molar-refractivity contribution in [1.29, 1.82) is 0 Å². The monoisotopic (exact) mass is 270 g/mol. The molecule has 4 nitrogen and oxygen atoms in total. The van der Waals surface area contributed by atoms with E-state index in [-0.39, 0.29) is 11.9 Å². The van der Waals surface area contributed by atoms with Crippen molar-refractivity contribution in [2.75, 3.05) is 0 Å². The van der Waals surface area contributed by atoms with E-state index < -0.39 is 0 Å². The fourth-order valence-electron chi connectivity index (χ4n) is 1.83. The van der Waals surface area contributed by atoms with Crippen molar-refractivity contribution in [3.63, 3.8) is 0 Å². The first kappa shape index (κ1) is 14.2. The zero-order valence-corrected chi connectivity index (χ0v) is 11.7. The molecule has 1 aromatic heterocycles. The molecule has 1 atom stereocenters. The number of rotatable bonds is 5. The number of esters is 1. The predicted molar refractivity (Wildman–Crippen MR) is 75.9 cm³/mol. The first-order valence-electron chi connectivity index (χ1n) is 6.64. The Bertz CT molecular complexity index is 570. The van der Waals surface area contributed by atoms with Crippen LogP contribution >= 0.6 is 0 Å². The minimum atomic E-state index is -0.250. The molecule has 0 aliphatic carbocycles. The highest BCUT2D eigenvalue weighted by Crippen LogP contribution is 2.09. The Morgan fingerprint density at radius 2 is 2.00 bits per heavy atom. The smallest absolute Gasteiger partial charge is 0.309 e. The van der Waals surface area contributed by atoms with E-state index in [1.807, 2.05) is 50.2 Å². The maximum Gasteiger partial charge on any atom is 0.309 e. The van der Waals surface area contributed by atoms with Crippen LogP contribution in [-0.2, 0) is 22.6 Å². The molecule has 1 heterocycles. The van der Waals surface area contributed by atoms with E-state index >= 15 is 0 Å². The first-order valence-corrected chi connectivity index (χ1v) is 6.64. The van der Waals surface area contributed by atoms with Gasteiger partial charge in [0.05, 0.1) is 5.92 Å². The lowest BCUT2D eigenvalue weighted by Gasteiger charge is -2.11. The third-order valence-electron chi connectivity index (χ3n) is 2.96. The molecule has 0 N–H and O–H groups in total. The van der Waals surface area contributed by atoms with Gasteiger partial charge in [-0.2, -0.15) is 0 Å². The maximum absolute atomic E-state index is 11.9. The van der Waals surface area contributed by atoms with Gasteiger partial charge in [-0.05, 0) is 18.6 Å². The van der Waals surface area contributed by atoms with Gasteiger partial charge in [0.25, 0.3) is 0 Å². The van der Waals surface area contributed by atoms with Crippen LogP contribution in [0.4, 0.5) is 0 Å². The molecule has 1 aromatic carbocycles. The van der Waals surface area contributed by atoms with Crippen LogP contribution < -0.4 is 0 Å². The summed E-state index contributed by atoms with van der Waals surface area (Å²) in [7, 11) is 0. The van der Waals surface area contributed by atoms with Crippen molar-refractivity contribution < 1.29 is 9.53 Å². The van der Waals surface area contributed by atoms with Gasteiger partial charge >= 0.3 is 5.97 Å². The average Bonchev–Trinajstić information content (AvgIpc) is 2.46. The summed E-state index contributed by atoms with van der Waals surface area (Å²) in [6.07, 6.45) is 2.20. The minimum absolute atomic E-state index is 0.223. The van der Waals surface area contributed by atoms with Gasteiger partial charge in [0.1, 0.15) is 12.4 Å². The first-order chi connectivity index (χ1) is 9.65. The van der Waals surface area contributed by atoms with Gasteiger partial charge < -0.3 is 4.74 Å². The van der Waals surface area contributed by atoms with Crippen LogP contribution in [0, 0.1) is 12.8 Å². The molecule has 0 amide bonds. The normalized spacial score (nSPS) is 11.9. The molecule has 0 saturated carbocycles. The number of aryl methyl sites for hydroxylation is 1. The molecule has 20 heavy (non-hydrogen) atoms. The lowest BCUT2D eigenvalue weighted by atomic mass is 10.1. The molecule has 0 saturated heterocycles. The SMILES string of the molecule is Cc1ccnc(CC(C)C(=O)OCc2ccccc2)n1. The Morgan fingerprint density at radius 1 is 1.25 bits per heavy atom. The van der Waals surface area contributed by atoms with Crippen LogP contribution in [-0.4, -0.2) is 15.9 Å². The number of ether oxygens (including phenoxy) is 1. The molecule has 0 bridgehead atoms. The summed E-state index contributed by atoms with van der Waals surface area (Å²) < 4.78 is 5.30. The second kappa shape index (κ2) is 6.80. The van der Waals surface area contributed by atoms with Crippen LogP contribution in [0.15, 0.2) is 42.6 Å². The highest BCUT2D eigenvalue weighted by Gasteiger charge is 2.16. The Balaban J connectivity index is 1.86. The van der Waals surface area contributed by atoms with Gasteiger partial charge in [0, 0.05) is 18.3 Å². The Hall–Kier alpha value is -2.23. The lowest BCUT2D eigenvalue weighted by molar-refractivity contribution is -0.149. The molecule has 104 valence electrons. The van der Waals surface area contributed by atoms with Gasteiger partial charge in [-0.25, -0.2) is 9.97 Å². The second-order valence-corrected chi connectivity index (χ2v) is 4.81. The molecule has 2 aromatic rings. The molecular formula is C16H18N2O2.